The van der Waals surface area contributed by atoms with Crippen LogP contribution < -0.4 is 0 Å². The van der Waals surface area contributed by atoms with E-state index in [1.807, 2.05) is 31.2 Å². The van der Waals surface area contributed by atoms with Crippen molar-refractivity contribution < 1.29 is 14.0 Å². The summed E-state index contributed by atoms with van der Waals surface area (Å²) in [6, 6.07) is 12.9. The fourth-order valence-corrected chi connectivity index (χ4v) is 3.18. The lowest BCUT2D eigenvalue weighted by atomic mass is 10.1. The number of aromatic nitrogens is 2. The molecule has 0 bridgehead atoms. The summed E-state index contributed by atoms with van der Waals surface area (Å²) in [6.07, 6.45) is 0.957. The molecule has 0 fully saturated rings. The molecule has 0 spiro atoms. The minimum Gasteiger partial charge on any atom is -0.387 e. The zero-order chi connectivity index (χ0) is 20.8. The number of hydrogen-bond acceptors (Lipinski definition) is 5. The Hall–Kier alpha value is -2.57. The maximum Gasteiger partial charge on any atom is 0.227 e. The molecule has 0 unspecified atom stereocenters. The Morgan fingerprint density at radius 3 is 2.59 bits per heavy atom. The first-order chi connectivity index (χ1) is 14.0. The molecule has 1 heterocycles. The number of aryl methyl sites for hydroxylation is 3. The average Bonchev–Trinajstić information content (AvgIpc) is 3.18. The summed E-state index contributed by atoms with van der Waals surface area (Å²) in [4.78, 5) is 6.58. The van der Waals surface area contributed by atoms with Crippen molar-refractivity contribution in [3.05, 3.63) is 70.9 Å². The number of halogens is 1. The summed E-state index contributed by atoms with van der Waals surface area (Å²) < 4.78 is 19.1. The molecule has 3 rings (SSSR count). The third-order valence-corrected chi connectivity index (χ3v) is 5.10. The summed E-state index contributed by atoms with van der Waals surface area (Å²) in [5.41, 5.74) is 3.31. The molecule has 0 aliphatic rings. The fraction of sp³-hybridized carbons (Fsp3) is 0.391. The number of benzene rings is 2. The van der Waals surface area contributed by atoms with Crippen LogP contribution in [0.2, 0.25) is 0 Å². The topological polar surface area (TPSA) is 62.4 Å². The summed E-state index contributed by atoms with van der Waals surface area (Å²) in [7, 11) is 0. The highest BCUT2D eigenvalue weighted by atomic mass is 19.1. The molecule has 0 aliphatic heterocycles. The summed E-state index contributed by atoms with van der Waals surface area (Å²) in [5.74, 6) is 0.664. The number of aliphatic hydroxyl groups is 1. The Kier molecular flexibility index (Phi) is 7.12. The van der Waals surface area contributed by atoms with Gasteiger partial charge in [0.2, 0.25) is 11.7 Å². The van der Waals surface area contributed by atoms with Gasteiger partial charge in [-0.2, -0.15) is 4.98 Å². The van der Waals surface area contributed by atoms with Crippen molar-refractivity contribution in [2.24, 2.45) is 0 Å². The third kappa shape index (κ3) is 5.71. The van der Waals surface area contributed by atoms with Gasteiger partial charge < -0.3 is 14.5 Å². The monoisotopic (exact) mass is 397 g/mol. The quantitative estimate of drug-likeness (QED) is 0.577. The van der Waals surface area contributed by atoms with Gasteiger partial charge in [0.05, 0.1) is 6.10 Å². The van der Waals surface area contributed by atoms with Crippen molar-refractivity contribution in [1.29, 1.82) is 0 Å². The molecule has 0 saturated heterocycles. The minimum atomic E-state index is -0.512. The van der Waals surface area contributed by atoms with E-state index in [-0.39, 0.29) is 5.82 Å². The maximum absolute atomic E-state index is 13.7. The van der Waals surface area contributed by atoms with Crippen molar-refractivity contribution >= 4 is 0 Å². The molecule has 154 valence electrons. The van der Waals surface area contributed by atoms with E-state index in [1.54, 1.807) is 19.1 Å². The van der Waals surface area contributed by atoms with E-state index < -0.39 is 6.10 Å². The summed E-state index contributed by atoms with van der Waals surface area (Å²) in [6.45, 7) is 8.08. The average molecular weight is 397 g/mol. The van der Waals surface area contributed by atoms with Gasteiger partial charge in [-0.25, -0.2) is 4.39 Å². The zero-order valence-corrected chi connectivity index (χ0v) is 17.2. The Balaban J connectivity index is 1.51. The largest absolute Gasteiger partial charge is 0.387 e. The summed E-state index contributed by atoms with van der Waals surface area (Å²) in [5, 5.41) is 14.5. The van der Waals surface area contributed by atoms with Gasteiger partial charge in [-0.15, -0.1) is 0 Å². The van der Waals surface area contributed by atoms with Crippen LogP contribution in [0.25, 0.3) is 11.4 Å². The number of hydrogen-bond donors (Lipinski definition) is 1. The molecule has 3 aromatic rings. The number of nitrogens with zero attached hydrogens (tertiary/aromatic N) is 3. The predicted octanol–water partition coefficient (Wildman–Crippen LogP) is 4.48. The first-order valence-electron chi connectivity index (χ1n) is 10.0. The van der Waals surface area contributed by atoms with E-state index in [0.29, 0.717) is 35.8 Å². The van der Waals surface area contributed by atoms with E-state index in [9.17, 15) is 9.50 Å². The van der Waals surface area contributed by atoms with E-state index in [4.69, 9.17) is 4.52 Å². The van der Waals surface area contributed by atoms with Crippen LogP contribution in [0, 0.1) is 19.7 Å². The van der Waals surface area contributed by atoms with Gasteiger partial charge in [-0.1, -0.05) is 54.0 Å². The molecular weight excluding hydrogens is 369 g/mol. The second-order valence-electron chi connectivity index (χ2n) is 7.40. The van der Waals surface area contributed by atoms with Gasteiger partial charge in [0.15, 0.2) is 0 Å². The van der Waals surface area contributed by atoms with Crippen LogP contribution in [0.15, 0.2) is 47.0 Å². The first-order valence-corrected chi connectivity index (χ1v) is 10.0. The van der Waals surface area contributed by atoms with E-state index >= 15 is 0 Å². The van der Waals surface area contributed by atoms with Crippen molar-refractivity contribution in [3.8, 4) is 11.4 Å². The molecule has 1 aromatic heterocycles. The van der Waals surface area contributed by atoms with E-state index in [2.05, 4.69) is 22.0 Å². The molecule has 1 atom stereocenters. The van der Waals surface area contributed by atoms with Crippen LogP contribution >= 0.6 is 0 Å². The van der Waals surface area contributed by atoms with Gasteiger partial charge in [0, 0.05) is 18.5 Å². The smallest absolute Gasteiger partial charge is 0.227 e. The summed E-state index contributed by atoms with van der Waals surface area (Å²) >= 11 is 0. The highest BCUT2D eigenvalue weighted by molar-refractivity contribution is 5.54. The third-order valence-electron chi connectivity index (χ3n) is 5.10. The SMILES string of the molecule is CCN(CCCc1nc(-c2ccc(C)c(F)c2)no1)C[C@H](O)c1ccc(C)cc1. The molecular formula is C23H28FN3O2. The lowest BCUT2D eigenvalue weighted by molar-refractivity contribution is 0.115. The second kappa shape index (κ2) is 9.76. The van der Waals surface area contributed by atoms with Crippen LogP contribution in [0.5, 0.6) is 0 Å². The molecule has 0 radical (unpaired) electrons. The van der Waals surface area contributed by atoms with Crippen LogP contribution in [0.1, 0.15) is 42.0 Å². The highest BCUT2D eigenvalue weighted by Gasteiger charge is 2.14. The van der Waals surface area contributed by atoms with Gasteiger partial charge in [-0.05, 0) is 50.6 Å². The van der Waals surface area contributed by atoms with Crippen LogP contribution in [0.3, 0.4) is 0 Å². The Morgan fingerprint density at radius 1 is 1.14 bits per heavy atom. The number of likely N-dealkylation sites (N-methyl/N-ethyl adjacent to an activating group) is 1. The highest BCUT2D eigenvalue weighted by Crippen LogP contribution is 2.20. The van der Waals surface area contributed by atoms with Gasteiger partial charge in [-0.3, -0.25) is 0 Å². The standard InChI is InChI=1S/C23H28FN3O2/c1-4-27(15-21(28)18-10-7-16(2)8-11-18)13-5-6-22-25-23(26-29-22)19-12-9-17(3)20(24)14-19/h7-12,14,21,28H,4-6,13,15H2,1-3H3/t21-/m0/s1. The Labute approximate surface area is 171 Å². The Bertz CT molecular complexity index is 924. The molecule has 1 N–H and O–H groups in total. The maximum atomic E-state index is 13.7. The molecule has 29 heavy (non-hydrogen) atoms. The molecule has 0 saturated carbocycles. The lowest BCUT2D eigenvalue weighted by Crippen LogP contribution is -2.29. The lowest BCUT2D eigenvalue weighted by Gasteiger charge is -2.23. The van der Waals surface area contributed by atoms with Crippen molar-refractivity contribution in [2.45, 2.75) is 39.7 Å². The Morgan fingerprint density at radius 2 is 1.90 bits per heavy atom. The van der Waals surface area contributed by atoms with Crippen molar-refractivity contribution in [1.82, 2.24) is 15.0 Å². The van der Waals surface area contributed by atoms with Crippen molar-refractivity contribution in [2.75, 3.05) is 19.6 Å². The van der Waals surface area contributed by atoms with Crippen LogP contribution in [-0.4, -0.2) is 39.8 Å². The fourth-order valence-electron chi connectivity index (χ4n) is 3.18. The van der Waals surface area contributed by atoms with Gasteiger partial charge >= 0.3 is 0 Å². The minimum absolute atomic E-state index is 0.278. The van der Waals surface area contributed by atoms with Gasteiger partial charge in [0.25, 0.3) is 0 Å². The van der Waals surface area contributed by atoms with Crippen LogP contribution in [-0.2, 0) is 6.42 Å². The van der Waals surface area contributed by atoms with Crippen LogP contribution in [0.4, 0.5) is 4.39 Å². The molecule has 0 amide bonds. The molecule has 2 aromatic carbocycles. The first kappa shape index (κ1) is 21.1. The van der Waals surface area contributed by atoms with E-state index in [0.717, 1.165) is 25.1 Å². The molecule has 5 nitrogen and oxygen atoms in total. The number of aliphatic hydroxyl groups excluding tert-OH is 1. The van der Waals surface area contributed by atoms with Crippen molar-refractivity contribution in [3.63, 3.8) is 0 Å². The zero-order valence-electron chi connectivity index (χ0n) is 17.2. The second-order valence-corrected chi connectivity index (χ2v) is 7.40. The number of rotatable bonds is 9. The molecule has 6 heteroatoms. The van der Waals surface area contributed by atoms with Gasteiger partial charge in [0.1, 0.15) is 5.82 Å². The van der Waals surface area contributed by atoms with E-state index in [1.165, 1.54) is 11.6 Å². The normalized spacial score (nSPS) is 12.5. The molecule has 0 aliphatic carbocycles. The predicted molar refractivity (Wildman–Crippen MR) is 111 cm³/mol.